The molecule has 2 heterocycles. The Morgan fingerprint density at radius 1 is 1.35 bits per heavy atom. The molecule has 0 atom stereocenters. The normalized spacial score (nSPS) is 10.7. The highest BCUT2D eigenvalue weighted by molar-refractivity contribution is 7.08. The van der Waals surface area contributed by atoms with Crippen molar-refractivity contribution in [2.24, 2.45) is 0 Å². The molecule has 5 nitrogen and oxygen atoms in total. The fourth-order valence-corrected chi connectivity index (χ4v) is 2.42. The van der Waals surface area contributed by atoms with Crippen LogP contribution < -0.4 is 10.5 Å². The van der Waals surface area contributed by atoms with Crippen LogP contribution in [0.15, 0.2) is 39.5 Å². The number of thiophene rings is 1. The lowest BCUT2D eigenvalue weighted by atomic mass is 10.2. The Morgan fingerprint density at radius 3 is 3.00 bits per heavy atom. The minimum absolute atomic E-state index is 0.262. The molecule has 0 bridgehead atoms. The first-order valence-corrected chi connectivity index (χ1v) is 7.01. The van der Waals surface area contributed by atoms with Gasteiger partial charge in [0.05, 0.1) is 5.56 Å². The van der Waals surface area contributed by atoms with Crippen molar-refractivity contribution in [3.05, 3.63) is 46.4 Å². The topological polar surface area (TPSA) is 74.2 Å². The predicted octanol–water partition coefficient (Wildman–Crippen LogP) is 3.27. The molecule has 0 aliphatic rings. The van der Waals surface area contributed by atoms with Gasteiger partial charge in [0.2, 0.25) is 5.82 Å². The van der Waals surface area contributed by atoms with E-state index < -0.39 is 0 Å². The second-order valence-electron chi connectivity index (χ2n) is 4.34. The van der Waals surface area contributed by atoms with Crippen LogP contribution in [0.2, 0.25) is 0 Å². The molecule has 102 valence electrons. The Kier molecular flexibility index (Phi) is 3.39. The molecule has 0 saturated heterocycles. The number of rotatable bonds is 4. The van der Waals surface area contributed by atoms with Crippen molar-refractivity contribution in [2.75, 3.05) is 5.73 Å². The summed E-state index contributed by atoms with van der Waals surface area (Å²) in [6.07, 6.45) is 0. The second-order valence-corrected chi connectivity index (χ2v) is 5.12. The molecule has 3 aromatic rings. The zero-order chi connectivity index (χ0) is 13.9. The molecule has 0 radical (unpaired) electrons. The second kappa shape index (κ2) is 5.34. The van der Waals surface area contributed by atoms with Crippen LogP contribution in [0.1, 0.15) is 11.4 Å². The molecule has 0 fully saturated rings. The van der Waals surface area contributed by atoms with Crippen LogP contribution in [0.4, 0.5) is 5.69 Å². The van der Waals surface area contributed by atoms with E-state index in [-0.39, 0.29) is 6.61 Å². The van der Waals surface area contributed by atoms with Gasteiger partial charge in [0.1, 0.15) is 5.75 Å². The Balaban J connectivity index is 1.70. The van der Waals surface area contributed by atoms with Gasteiger partial charge < -0.3 is 15.0 Å². The lowest BCUT2D eigenvalue weighted by molar-refractivity contribution is 0.285. The standard InChI is InChI=1S/C14H13N3O2S/c1-9-6-11(15)2-3-12(9)18-7-13-16-14(19-17-13)10-4-5-20-8-10/h2-6,8H,7,15H2,1H3. The molecule has 20 heavy (non-hydrogen) atoms. The van der Waals surface area contributed by atoms with E-state index >= 15 is 0 Å². The van der Waals surface area contributed by atoms with Crippen molar-refractivity contribution < 1.29 is 9.26 Å². The third kappa shape index (κ3) is 2.65. The van der Waals surface area contributed by atoms with E-state index in [9.17, 15) is 0 Å². The number of aryl methyl sites for hydroxylation is 1. The van der Waals surface area contributed by atoms with Crippen molar-refractivity contribution in [3.63, 3.8) is 0 Å². The van der Waals surface area contributed by atoms with Gasteiger partial charge in [-0.15, -0.1) is 0 Å². The van der Waals surface area contributed by atoms with Crippen LogP contribution >= 0.6 is 11.3 Å². The SMILES string of the molecule is Cc1cc(N)ccc1OCc1noc(-c2ccsc2)n1. The molecule has 6 heteroatoms. The molecule has 0 spiro atoms. The number of nitrogens with two attached hydrogens (primary N) is 1. The van der Waals surface area contributed by atoms with Gasteiger partial charge in [-0.05, 0) is 42.1 Å². The van der Waals surface area contributed by atoms with Crippen LogP contribution in [0.25, 0.3) is 11.5 Å². The maximum absolute atomic E-state index is 5.70. The largest absolute Gasteiger partial charge is 0.485 e. The van der Waals surface area contributed by atoms with E-state index in [0.717, 1.165) is 16.9 Å². The van der Waals surface area contributed by atoms with Crippen molar-refractivity contribution >= 4 is 17.0 Å². The van der Waals surface area contributed by atoms with Crippen LogP contribution in [0.5, 0.6) is 5.75 Å². The number of hydrogen-bond acceptors (Lipinski definition) is 6. The Labute approximate surface area is 120 Å². The summed E-state index contributed by atoms with van der Waals surface area (Å²) in [7, 11) is 0. The van der Waals surface area contributed by atoms with Crippen LogP contribution in [0, 0.1) is 6.92 Å². The maximum Gasteiger partial charge on any atom is 0.258 e. The van der Waals surface area contributed by atoms with Gasteiger partial charge in [0.15, 0.2) is 6.61 Å². The zero-order valence-electron chi connectivity index (χ0n) is 10.9. The third-order valence-electron chi connectivity index (χ3n) is 2.79. The molecule has 0 unspecified atom stereocenters. The summed E-state index contributed by atoms with van der Waals surface area (Å²) in [5.74, 6) is 1.79. The number of benzene rings is 1. The Hall–Kier alpha value is -2.34. The van der Waals surface area contributed by atoms with Crippen molar-refractivity contribution in [2.45, 2.75) is 13.5 Å². The highest BCUT2D eigenvalue weighted by Gasteiger charge is 2.10. The Bertz CT molecular complexity index is 707. The highest BCUT2D eigenvalue weighted by Crippen LogP contribution is 2.22. The van der Waals surface area contributed by atoms with E-state index in [1.54, 1.807) is 17.4 Å². The fourth-order valence-electron chi connectivity index (χ4n) is 1.79. The molecule has 2 N–H and O–H groups in total. The highest BCUT2D eigenvalue weighted by atomic mass is 32.1. The predicted molar refractivity (Wildman–Crippen MR) is 77.5 cm³/mol. The van der Waals surface area contributed by atoms with Gasteiger partial charge in [0, 0.05) is 11.1 Å². The molecule has 3 rings (SSSR count). The lowest BCUT2D eigenvalue weighted by Crippen LogP contribution is -1.99. The molecular formula is C14H13N3O2S. The summed E-state index contributed by atoms with van der Waals surface area (Å²) in [5, 5.41) is 7.83. The number of nitrogens with zero attached hydrogens (tertiary/aromatic N) is 2. The van der Waals surface area contributed by atoms with Gasteiger partial charge in [-0.3, -0.25) is 0 Å². The smallest absolute Gasteiger partial charge is 0.258 e. The number of hydrogen-bond donors (Lipinski definition) is 1. The van der Waals surface area contributed by atoms with E-state index in [4.69, 9.17) is 15.0 Å². The third-order valence-corrected chi connectivity index (χ3v) is 3.48. The van der Waals surface area contributed by atoms with E-state index in [1.807, 2.05) is 35.9 Å². The van der Waals surface area contributed by atoms with Crippen molar-refractivity contribution in [1.29, 1.82) is 0 Å². The monoisotopic (exact) mass is 287 g/mol. The summed E-state index contributed by atoms with van der Waals surface area (Å²) in [6.45, 7) is 2.21. The minimum atomic E-state index is 0.262. The van der Waals surface area contributed by atoms with Gasteiger partial charge in [0.25, 0.3) is 5.89 Å². The molecule has 1 aromatic carbocycles. The summed E-state index contributed by atoms with van der Waals surface area (Å²) < 4.78 is 10.9. The maximum atomic E-state index is 5.70. The molecule has 0 aliphatic carbocycles. The van der Waals surface area contributed by atoms with E-state index in [2.05, 4.69) is 10.1 Å². The summed E-state index contributed by atoms with van der Waals surface area (Å²) in [4.78, 5) is 4.29. The number of ether oxygens (including phenoxy) is 1. The molecule has 0 aliphatic heterocycles. The van der Waals surface area contributed by atoms with Crippen molar-refractivity contribution in [3.8, 4) is 17.2 Å². The van der Waals surface area contributed by atoms with E-state index in [1.165, 1.54) is 0 Å². The molecule has 0 saturated carbocycles. The van der Waals surface area contributed by atoms with E-state index in [0.29, 0.717) is 17.4 Å². The summed E-state index contributed by atoms with van der Waals surface area (Å²) in [5.41, 5.74) is 8.32. The molecule has 0 amide bonds. The number of anilines is 1. The molecule has 2 aromatic heterocycles. The van der Waals surface area contributed by atoms with Crippen LogP contribution in [-0.2, 0) is 6.61 Å². The van der Waals surface area contributed by atoms with Gasteiger partial charge in [-0.1, -0.05) is 5.16 Å². The summed E-state index contributed by atoms with van der Waals surface area (Å²) >= 11 is 1.59. The average Bonchev–Trinajstić information content (AvgIpc) is 3.08. The van der Waals surface area contributed by atoms with Gasteiger partial charge >= 0.3 is 0 Å². The average molecular weight is 287 g/mol. The van der Waals surface area contributed by atoms with Crippen molar-refractivity contribution in [1.82, 2.24) is 10.1 Å². The zero-order valence-corrected chi connectivity index (χ0v) is 11.7. The van der Waals surface area contributed by atoms with Crippen LogP contribution in [0.3, 0.4) is 0 Å². The minimum Gasteiger partial charge on any atom is -0.485 e. The molecular weight excluding hydrogens is 274 g/mol. The first-order valence-electron chi connectivity index (χ1n) is 6.06. The van der Waals surface area contributed by atoms with Gasteiger partial charge in [-0.2, -0.15) is 16.3 Å². The number of nitrogen functional groups attached to an aromatic ring is 1. The first-order chi connectivity index (χ1) is 9.72. The van der Waals surface area contributed by atoms with Gasteiger partial charge in [-0.25, -0.2) is 0 Å². The van der Waals surface area contributed by atoms with Crippen LogP contribution in [-0.4, -0.2) is 10.1 Å². The number of aromatic nitrogens is 2. The Morgan fingerprint density at radius 2 is 2.25 bits per heavy atom. The lowest BCUT2D eigenvalue weighted by Gasteiger charge is -2.07. The fraction of sp³-hybridized carbons (Fsp3) is 0.143. The summed E-state index contributed by atoms with van der Waals surface area (Å²) in [6, 6.07) is 7.44. The quantitative estimate of drug-likeness (QED) is 0.745. The first kappa shape index (κ1) is 12.7.